The average Bonchev–Trinajstić information content (AvgIpc) is 2.60. The standard InChI is InChI=1S/C21H22N2O4/c1-12(2)26-16-6-5-15-10-17(21(25)27-19(15)11-16)20(24)23-14(4)18-9-13(3)7-8-22-18/h5-12,14H,1-4H3,(H,23,24). The van der Waals surface area contributed by atoms with Crippen LogP contribution in [0.15, 0.2) is 51.8 Å². The molecule has 0 aliphatic heterocycles. The van der Waals surface area contributed by atoms with Crippen molar-refractivity contribution in [3.63, 3.8) is 0 Å². The number of ether oxygens (including phenoxy) is 1. The number of carbonyl (C=O) groups is 1. The molecule has 2 aromatic heterocycles. The molecule has 27 heavy (non-hydrogen) atoms. The van der Waals surface area contributed by atoms with Gasteiger partial charge in [0, 0.05) is 17.6 Å². The first kappa shape index (κ1) is 18.6. The summed E-state index contributed by atoms with van der Waals surface area (Å²) in [6, 6.07) is 10.2. The molecule has 3 rings (SSSR count). The number of nitrogens with zero attached hydrogens (tertiary/aromatic N) is 1. The third kappa shape index (κ3) is 4.34. The number of rotatable bonds is 5. The molecule has 1 N–H and O–H groups in total. The van der Waals surface area contributed by atoms with Crippen molar-refractivity contribution in [3.8, 4) is 5.75 Å². The van der Waals surface area contributed by atoms with E-state index < -0.39 is 11.5 Å². The summed E-state index contributed by atoms with van der Waals surface area (Å²) >= 11 is 0. The second-order valence-electron chi connectivity index (χ2n) is 6.77. The minimum Gasteiger partial charge on any atom is -0.491 e. The predicted octanol–water partition coefficient (Wildman–Crippen LogP) is 3.77. The van der Waals surface area contributed by atoms with Crippen LogP contribution in [0.1, 0.15) is 48.4 Å². The van der Waals surface area contributed by atoms with Crippen molar-refractivity contribution < 1.29 is 13.9 Å². The third-order valence-electron chi connectivity index (χ3n) is 4.05. The molecule has 3 aromatic rings. The molecule has 0 spiro atoms. The summed E-state index contributed by atoms with van der Waals surface area (Å²) in [5, 5.41) is 3.45. The van der Waals surface area contributed by atoms with Crippen molar-refractivity contribution in [2.75, 3.05) is 0 Å². The Morgan fingerprint density at radius 3 is 2.63 bits per heavy atom. The molecular weight excluding hydrogens is 344 g/mol. The number of hydrogen-bond donors (Lipinski definition) is 1. The summed E-state index contributed by atoms with van der Waals surface area (Å²) in [6.45, 7) is 7.60. The van der Waals surface area contributed by atoms with E-state index in [0.29, 0.717) is 16.7 Å². The van der Waals surface area contributed by atoms with Crippen molar-refractivity contribution in [1.82, 2.24) is 10.3 Å². The van der Waals surface area contributed by atoms with Crippen LogP contribution in [-0.2, 0) is 0 Å². The molecule has 0 aliphatic carbocycles. The number of benzene rings is 1. The fourth-order valence-electron chi connectivity index (χ4n) is 2.74. The van der Waals surface area contributed by atoms with Gasteiger partial charge in [-0.3, -0.25) is 9.78 Å². The number of fused-ring (bicyclic) bond motifs is 1. The highest BCUT2D eigenvalue weighted by Gasteiger charge is 2.17. The summed E-state index contributed by atoms with van der Waals surface area (Å²) in [5.41, 5.74) is 1.42. The molecule has 0 saturated heterocycles. The van der Waals surface area contributed by atoms with E-state index in [1.807, 2.05) is 39.8 Å². The minimum atomic E-state index is -0.689. The third-order valence-corrected chi connectivity index (χ3v) is 4.05. The maximum Gasteiger partial charge on any atom is 0.349 e. The SMILES string of the molecule is Cc1ccnc(C(C)NC(=O)c2cc3ccc(OC(C)C)cc3oc2=O)c1. The van der Waals surface area contributed by atoms with Gasteiger partial charge in [-0.1, -0.05) is 0 Å². The minimum absolute atomic E-state index is 0.0101. The first-order chi connectivity index (χ1) is 12.8. The lowest BCUT2D eigenvalue weighted by Crippen LogP contribution is -2.31. The maximum absolute atomic E-state index is 12.6. The molecule has 2 heterocycles. The molecule has 0 bridgehead atoms. The monoisotopic (exact) mass is 366 g/mol. The number of aromatic nitrogens is 1. The summed E-state index contributed by atoms with van der Waals surface area (Å²) in [5.74, 6) is 0.112. The maximum atomic E-state index is 12.6. The molecule has 1 aromatic carbocycles. The number of hydrogen-bond acceptors (Lipinski definition) is 5. The molecule has 140 valence electrons. The van der Waals surface area contributed by atoms with Gasteiger partial charge in [0.25, 0.3) is 5.91 Å². The molecule has 1 atom stereocenters. The lowest BCUT2D eigenvalue weighted by Gasteiger charge is -2.14. The average molecular weight is 366 g/mol. The highest BCUT2D eigenvalue weighted by atomic mass is 16.5. The Balaban J connectivity index is 1.86. The Hall–Kier alpha value is -3.15. The Bertz CT molecular complexity index is 1040. The lowest BCUT2D eigenvalue weighted by molar-refractivity contribution is 0.0935. The molecule has 1 unspecified atom stereocenters. The molecule has 6 nitrogen and oxygen atoms in total. The number of amides is 1. The highest BCUT2D eigenvalue weighted by Crippen LogP contribution is 2.21. The molecule has 0 fully saturated rings. The van der Waals surface area contributed by atoms with Gasteiger partial charge >= 0.3 is 5.63 Å². The van der Waals surface area contributed by atoms with Crippen LogP contribution in [0.3, 0.4) is 0 Å². The van der Waals surface area contributed by atoms with Crippen LogP contribution in [0.4, 0.5) is 0 Å². The van der Waals surface area contributed by atoms with Crippen molar-refractivity contribution in [3.05, 3.63) is 69.8 Å². The summed E-state index contributed by atoms with van der Waals surface area (Å²) < 4.78 is 10.9. The molecule has 0 radical (unpaired) electrons. The van der Waals surface area contributed by atoms with E-state index in [2.05, 4.69) is 10.3 Å². The Labute approximate surface area is 157 Å². The quantitative estimate of drug-likeness (QED) is 0.695. The van der Waals surface area contributed by atoms with Gasteiger partial charge in [0.2, 0.25) is 0 Å². The normalized spacial score (nSPS) is 12.2. The van der Waals surface area contributed by atoms with Crippen LogP contribution in [-0.4, -0.2) is 17.0 Å². The van der Waals surface area contributed by atoms with Gasteiger partial charge in [-0.15, -0.1) is 0 Å². The Morgan fingerprint density at radius 1 is 1.15 bits per heavy atom. The number of nitrogens with one attached hydrogen (secondary N) is 1. The zero-order chi connectivity index (χ0) is 19.6. The molecule has 0 saturated carbocycles. The highest BCUT2D eigenvalue weighted by molar-refractivity contribution is 5.96. The van der Waals surface area contributed by atoms with Gasteiger partial charge in [0.1, 0.15) is 16.9 Å². The predicted molar refractivity (Wildman–Crippen MR) is 103 cm³/mol. The van der Waals surface area contributed by atoms with Crippen LogP contribution in [0.25, 0.3) is 11.0 Å². The second kappa shape index (κ2) is 7.61. The van der Waals surface area contributed by atoms with E-state index in [-0.39, 0.29) is 17.7 Å². The lowest BCUT2D eigenvalue weighted by atomic mass is 10.1. The summed E-state index contributed by atoms with van der Waals surface area (Å²) in [6.07, 6.45) is 1.70. The smallest absolute Gasteiger partial charge is 0.349 e. The van der Waals surface area contributed by atoms with Gasteiger partial charge in [-0.25, -0.2) is 4.79 Å². The van der Waals surface area contributed by atoms with Gasteiger partial charge < -0.3 is 14.5 Å². The van der Waals surface area contributed by atoms with Crippen LogP contribution in [0.5, 0.6) is 5.75 Å². The Kier molecular flexibility index (Phi) is 5.26. The second-order valence-corrected chi connectivity index (χ2v) is 6.77. The fourth-order valence-corrected chi connectivity index (χ4v) is 2.74. The van der Waals surface area contributed by atoms with Gasteiger partial charge in [-0.05, 0) is 63.6 Å². The first-order valence-electron chi connectivity index (χ1n) is 8.81. The van der Waals surface area contributed by atoms with E-state index in [1.54, 1.807) is 24.4 Å². The molecular formula is C21H22N2O4. The molecule has 1 amide bonds. The number of aryl methyl sites for hydroxylation is 1. The van der Waals surface area contributed by atoms with Crippen molar-refractivity contribution in [1.29, 1.82) is 0 Å². The van der Waals surface area contributed by atoms with Crippen LogP contribution in [0, 0.1) is 6.92 Å². The van der Waals surface area contributed by atoms with Crippen LogP contribution >= 0.6 is 0 Å². The van der Waals surface area contributed by atoms with Gasteiger partial charge in [0.15, 0.2) is 0 Å². The summed E-state index contributed by atoms with van der Waals surface area (Å²) in [4.78, 5) is 29.1. The van der Waals surface area contributed by atoms with Crippen LogP contribution < -0.4 is 15.7 Å². The van der Waals surface area contributed by atoms with Crippen LogP contribution in [0.2, 0.25) is 0 Å². The molecule has 0 aliphatic rings. The fraction of sp³-hybridized carbons (Fsp3) is 0.286. The molecule has 6 heteroatoms. The van der Waals surface area contributed by atoms with Gasteiger partial charge in [-0.2, -0.15) is 0 Å². The van der Waals surface area contributed by atoms with E-state index >= 15 is 0 Å². The van der Waals surface area contributed by atoms with Crippen molar-refractivity contribution in [2.45, 2.75) is 39.8 Å². The van der Waals surface area contributed by atoms with Crippen molar-refractivity contribution in [2.24, 2.45) is 0 Å². The topological polar surface area (TPSA) is 81.4 Å². The van der Waals surface area contributed by atoms with E-state index in [1.165, 1.54) is 6.07 Å². The largest absolute Gasteiger partial charge is 0.491 e. The zero-order valence-electron chi connectivity index (χ0n) is 15.8. The summed E-state index contributed by atoms with van der Waals surface area (Å²) in [7, 11) is 0. The van der Waals surface area contributed by atoms with Gasteiger partial charge in [0.05, 0.1) is 17.8 Å². The van der Waals surface area contributed by atoms with E-state index in [9.17, 15) is 9.59 Å². The Morgan fingerprint density at radius 2 is 1.93 bits per heavy atom. The van der Waals surface area contributed by atoms with E-state index in [4.69, 9.17) is 9.15 Å². The first-order valence-corrected chi connectivity index (χ1v) is 8.81. The van der Waals surface area contributed by atoms with Crippen molar-refractivity contribution >= 4 is 16.9 Å². The zero-order valence-corrected chi connectivity index (χ0v) is 15.8. The van der Waals surface area contributed by atoms with E-state index in [0.717, 1.165) is 11.3 Å². The number of carbonyl (C=O) groups excluding carboxylic acids is 1. The number of pyridine rings is 1.